The standard InChI is InChI=1S/C24H17NO5/c26-20(16-7-2-1-3-8-16)15-30-21(27)13-6-14-25-23(28)18-11-4-9-17-10-5-12-19(22(17)18)24(25)29/h1-13H,14-15H2/b13-6+. The Labute approximate surface area is 172 Å². The van der Waals surface area contributed by atoms with Gasteiger partial charge in [-0.05, 0) is 17.5 Å². The van der Waals surface area contributed by atoms with Crippen molar-refractivity contribution in [3.05, 3.63) is 95.6 Å². The van der Waals surface area contributed by atoms with E-state index >= 15 is 0 Å². The maximum absolute atomic E-state index is 12.8. The fourth-order valence-corrected chi connectivity index (χ4v) is 3.39. The SMILES string of the molecule is O=C(/C=C/CN1C(=O)c2cccc3cccc(c23)C1=O)OCC(=O)c1ccccc1. The van der Waals surface area contributed by atoms with Crippen LogP contribution in [0.3, 0.4) is 0 Å². The van der Waals surface area contributed by atoms with Crippen LogP contribution in [0.1, 0.15) is 31.1 Å². The Balaban J connectivity index is 1.41. The van der Waals surface area contributed by atoms with Crippen LogP contribution >= 0.6 is 0 Å². The molecule has 0 radical (unpaired) electrons. The summed E-state index contributed by atoms with van der Waals surface area (Å²) in [5, 5.41) is 1.47. The minimum Gasteiger partial charge on any atom is -0.454 e. The summed E-state index contributed by atoms with van der Waals surface area (Å²) in [6.07, 6.45) is 2.49. The molecule has 4 rings (SSSR count). The summed E-state index contributed by atoms with van der Waals surface area (Å²) in [4.78, 5) is 50.5. The highest BCUT2D eigenvalue weighted by atomic mass is 16.5. The number of carbonyl (C=O) groups excluding carboxylic acids is 4. The molecule has 3 aromatic carbocycles. The van der Waals surface area contributed by atoms with Gasteiger partial charge in [-0.2, -0.15) is 0 Å². The highest BCUT2D eigenvalue weighted by Gasteiger charge is 2.31. The molecule has 1 aliphatic heterocycles. The van der Waals surface area contributed by atoms with Crippen LogP contribution in [-0.2, 0) is 9.53 Å². The zero-order valence-corrected chi connectivity index (χ0v) is 15.9. The predicted octanol–water partition coefficient (Wildman–Crippen LogP) is 3.42. The predicted molar refractivity (Wildman–Crippen MR) is 110 cm³/mol. The second-order valence-electron chi connectivity index (χ2n) is 6.73. The maximum atomic E-state index is 12.8. The first-order valence-electron chi connectivity index (χ1n) is 9.36. The lowest BCUT2D eigenvalue weighted by Gasteiger charge is -2.26. The van der Waals surface area contributed by atoms with E-state index in [4.69, 9.17) is 4.74 Å². The molecule has 0 fully saturated rings. The Morgan fingerprint density at radius 1 is 0.833 bits per heavy atom. The van der Waals surface area contributed by atoms with Crippen LogP contribution in [-0.4, -0.2) is 41.6 Å². The summed E-state index contributed by atoms with van der Waals surface area (Å²) in [7, 11) is 0. The second kappa shape index (κ2) is 8.13. The van der Waals surface area contributed by atoms with E-state index in [1.54, 1.807) is 54.6 Å². The van der Waals surface area contributed by atoms with E-state index in [2.05, 4.69) is 0 Å². The van der Waals surface area contributed by atoms with Crippen LogP contribution in [0.15, 0.2) is 78.9 Å². The number of hydrogen-bond acceptors (Lipinski definition) is 5. The molecule has 148 valence electrons. The quantitative estimate of drug-likeness (QED) is 0.275. The van der Waals surface area contributed by atoms with Gasteiger partial charge in [0.15, 0.2) is 12.4 Å². The summed E-state index contributed by atoms with van der Waals surface area (Å²) in [5.74, 6) is -1.87. The molecule has 0 N–H and O–H groups in total. The molecule has 0 aromatic heterocycles. The molecule has 3 aromatic rings. The normalized spacial score (nSPS) is 13.1. The number of imide groups is 1. The summed E-state index contributed by atoms with van der Waals surface area (Å²) in [6.45, 7) is -0.464. The van der Waals surface area contributed by atoms with Gasteiger partial charge >= 0.3 is 5.97 Å². The van der Waals surface area contributed by atoms with E-state index in [9.17, 15) is 19.2 Å². The maximum Gasteiger partial charge on any atom is 0.330 e. The largest absolute Gasteiger partial charge is 0.454 e. The third-order valence-corrected chi connectivity index (χ3v) is 4.84. The fraction of sp³-hybridized carbons (Fsp3) is 0.0833. The van der Waals surface area contributed by atoms with Crippen molar-refractivity contribution in [3.63, 3.8) is 0 Å². The van der Waals surface area contributed by atoms with Gasteiger partial charge in [-0.1, -0.05) is 60.7 Å². The highest BCUT2D eigenvalue weighted by Crippen LogP contribution is 2.29. The van der Waals surface area contributed by atoms with E-state index in [1.807, 2.05) is 12.1 Å². The number of esters is 1. The molecule has 0 saturated carbocycles. The Kier molecular flexibility index (Phi) is 5.22. The van der Waals surface area contributed by atoms with Crippen molar-refractivity contribution in [1.82, 2.24) is 4.90 Å². The lowest BCUT2D eigenvalue weighted by Crippen LogP contribution is -2.40. The molecule has 0 saturated heterocycles. The molecule has 0 atom stereocenters. The van der Waals surface area contributed by atoms with Crippen molar-refractivity contribution in [3.8, 4) is 0 Å². The zero-order valence-electron chi connectivity index (χ0n) is 15.9. The summed E-state index contributed by atoms with van der Waals surface area (Å²) in [5.41, 5.74) is 1.35. The zero-order chi connectivity index (χ0) is 21.1. The van der Waals surface area contributed by atoms with E-state index < -0.39 is 17.8 Å². The molecule has 1 heterocycles. The first-order valence-corrected chi connectivity index (χ1v) is 9.36. The number of nitrogens with zero attached hydrogens (tertiary/aromatic N) is 1. The smallest absolute Gasteiger partial charge is 0.330 e. The number of rotatable bonds is 6. The molecule has 1 aliphatic rings. The first kappa shape index (κ1) is 19.3. The molecular formula is C24H17NO5. The van der Waals surface area contributed by atoms with Crippen molar-refractivity contribution < 1.29 is 23.9 Å². The number of hydrogen-bond donors (Lipinski definition) is 0. The van der Waals surface area contributed by atoms with E-state index in [1.165, 1.54) is 6.08 Å². The van der Waals surface area contributed by atoms with E-state index in [-0.39, 0.29) is 18.9 Å². The Morgan fingerprint density at radius 3 is 2.10 bits per heavy atom. The number of ether oxygens (including phenoxy) is 1. The van der Waals surface area contributed by atoms with Crippen LogP contribution in [0.5, 0.6) is 0 Å². The van der Waals surface area contributed by atoms with Gasteiger partial charge in [0.25, 0.3) is 11.8 Å². The van der Waals surface area contributed by atoms with Crippen LogP contribution in [0, 0.1) is 0 Å². The third kappa shape index (κ3) is 3.63. The van der Waals surface area contributed by atoms with Gasteiger partial charge in [-0.3, -0.25) is 19.3 Å². The minimum absolute atomic E-state index is 0.0792. The molecule has 30 heavy (non-hydrogen) atoms. The Morgan fingerprint density at radius 2 is 1.47 bits per heavy atom. The lowest BCUT2D eigenvalue weighted by atomic mass is 9.94. The summed E-state index contributed by atoms with van der Waals surface area (Å²) < 4.78 is 4.94. The topological polar surface area (TPSA) is 80.8 Å². The van der Waals surface area contributed by atoms with Gasteiger partial charge in [0.2, 0.25) is 0 Å². The van der Waals surface area contributed by atoms with Gasteiger partial charge in [-0.25, -0.2) is 4.79 Å². The first-order chi connectivity index (χ1) is 14.6. The number of ketones is 1. The van der Waals surface area contributed by atoms with Crippen LogP contribution in [0.4, 0.5) is 0 Å². The summed E-state index contributed by atoms with van der Waals surface area (Å²) in [6, 6.07) is 19.1. The summed E-state index contributed by atoms with van der Waals surface area (Å²) >= 11 is 0. The van der Waals surface area contributed by atoms with Crippen molar-refractivity contribution in [2.75, 3.05) is 13.2 Å². The molecule has 0 bridgehead atoms. The minimum atomic E-state index is -0.723. The number of carbonyl (C=O) groups is 4. The lowest BCUT2D eigenvalue weighted by molar-refractivity contribution is -0.136. The second-order valence-corrected chi connectivity index (χ2v) is 6.73. The van der Waals surface area contributed by atoms with Gasteiger partial charge in [-0.15, -0.1) is 0 Å². The average molecular weight is 399 g/mol. The van der Waals surface area contributed by atoms with Crippen LogP contribution in [0.25, 0.3) is 10.8 Å². The van der Waals surface area contributed by atoms with Crippen molar-refractivity contribution in [2.24, 2.45) is 0 Å². The van der Waals surface area contributed by atoms with Gasteiger partial charge in [0, 0.05) is 34.7 Å². The van der Waals surface area contributed by atoms with E-state index in [0.717, 1.165) is 16.4 Å². The van der Waals surface area contributed by atoms with Crippen molar-refractivity contribution in [1.29, 1.82) is 0 Å². The molecule has 6 heteroatoms. The molecule has 0 aliphatic carbocycles. The number of Topliss-reactive ketones (excluding diaryl/α,β-unsaturated/α-hetero) is 1. The Hall–Kier alpha value is -4.06. The highest BCUT2D eigenvalue weighted by molar-refractivity contribution is 6.25. The van der Waals surface area contributed by atoms with Crippen LogP contribution in [0.2, 0.25) is 0 Å². The van der Waals surface area contributed by atoms with Crippen molar-refractivity contribution in [2.45, 2.75) is 0 Å². The Bertz CT molecular complexity index is 1150. The monoisotopic (exact) mass is 399 g/mol. The number of amides is 2. The van der Waals surface area contributed by atoms with E-state index in [0.29, 0.717) is 22.1 Å². The van der Waals surface area contributed by atoms with Gasteiger partial charge in [0.05, 0.1) is 0 Å². The fourth-order valence-electron chi connectivity index (χ4n) is 3.39. The van der Waals surface area contributed by atoms with Gasteiger partial charge < -0.3 is 4.74 Å². The molecule has 0 spiro atoms. The molecular weight excluding hydrogens is 382 g/mol. The average Bonchev–Trinajstić information content (AvgIpc) is 2.78. The van der Waals surface area contributed by atoms with Crippen LogP contribution < -0.4 is 0 Å². The molecule has 6 nitrogen and oxygen atoms in total. The molecule has 2 amide bonds. The molecule has 0 unspecified atom stereocenters. The van der Waals surface area contributed by atoms with Crippen molar-refractivity contribution >= 4 is 34.3 Å². The third-order valence-electron chi connectivity index (χ3n) is 4.84. The number of benzene rings is 3. The van der Waals surface area contributed by atoms with Gasteiger partial charge in [0.1, 0.15) is 0 Å².